The fourth-order valence-electron chi connectivity index (χ4n) is 2.71. The number of ketones is 1. The summed E-state index contributed by atoms with van der Waals surface area (Å²) < 4.78 is 29.6. The van der Waals surface area contributed by atoms with Gasteiger partial charge < -0.3 is 19.5 Å². The van der Waals surface area contributed by atoms with Crippen molar-refractivity contribution in [2.45, 2.75) is 25.9 Å². The molecule has 0 radical (unpaired) electrons. The standard InChI is InChI=1S/C21H19ClFNO6/c1-12(21(27)24-16-4-3-14(22)11-15(16)23)30-20(26)7-5-17(25)13-2-6-18-19(10-13)29-9-8-28-18/h2-4,6,10-12H,5,7-9H2,1H3,(H,24,27). The van der Waals surface area contributed by atoms with E-state index in [1.165, 1.54) is 19.1 Å². The van der Waals surface area contributed by atoms with Gasteiger partial charge in [0.2, 0.25) is 0 Å². The average Bonchev–Trinajstić information content (AvgIpc) is 2.73. The van der Waals surface area contributed by atoms with Crippen LogP contribution in [0.25, 0.3) is 0 Å². The molecule has 1 aliphatic heterocycles. The van der Waals surface area contributed by atoms with Gasteiger partial charge in [0, 0.05) is 17.0 Å². The zero-order chi connectivity index (χ0) is 21.7. The molecule has 2 aromatic rings. The van der Waals surface area contributed by atoms with Crippen molar-refractivity contribution in [1.82, 2.24) is 0 Å². The molecule has 0 spiro atoms. The van der Waals surface area contributed by atoms with Crippen molar-refractivity contribution in [1.29, 1.82) is 0 Å². The van der Waals surface area contributed by atoms with Crippen LogP contribution in [0.5, 0.6) is 11.5 Å². The van der Waals surface area contributed by atoms with Crippen LogP contribution in [0.2, 0.25) is 5.02 Å². The summed E-state index contributed by atoms with van der Waals surface area (Å²) in [6.45, 7) is 2.20. The number of esters is 1. The highest BCUT2D eigenvalue weighted by molar-refractivity contribution is 6.30. The van der Waals surface area contributed by atoms with Crippen LogP contribution in [0.15, 0.2) is 36.4 Å². The van der Waals surface area contributed by atoms with E-state index in [1.54, 1.807) is 18.2 Å². The van der Waals surface area contributed by atoms with E-state index in [4.69, 9.17) is 25.8 Å². The topological polar surface area (TPSA) is 90.9 Å². The van der Waals surface area contributed by atoms with Gasteiger partial charge in [-0.3, -0.25) is 14.4 Å². The molecule has 3 rings (SSSR count). The number of carbonyl (C=O) groups excluding carboxylic acids is 3. The molecular weight excluding hydrogens is 417 g/mol. The first kappa shape index (κ1) is 21.6. The Bertz CT molecular complexity index is 980. The lowest BCUT2D eigenvalue weighted by Crippen LogP contribution is -2.30. The summed E-state index contributed by atoms with van der Waals surface area (Å²) in [6.07, 6.45) is -1.48. The number of amides is 1. The Morgan fingerprint density at radius 2 is 1.83 bits per heavy atom. The van der Waals surface area contributed by atoms with Crippen molar-refractivity contribution in [3.05, 3.63) is 52.8 Å². The van der Waals surface area contributed by atoms with Crippen LogP contribution in [0.4, 0.5) is 10.1 Å². The van der Waals surface area contributed by atoms with Gasteiger partial charge in [0.15, 0.2) is 23.4 Å². The maximum absolute atomic E-state index is 13.8. The van der Waals surface area contributed by atoms with Crippen LogP contribution in [0.1, 0.15) is 30.1 Å². The molecule has 0 saturated heterocycles. The van der Waals surface area contributed by atoms with Crippen LogP contribution in [0, 0.1) is 5.82 Å². The average molecular weight is 436 g/mol. The van der Waals surface area contributed by atoms with Crippen LogP contribution in [-0.4, -0.2) is 37.0 Å². The highest BCUT2D eigenvalue weighted by atomic mass is 35.5. The molecule has 0 aliphatic carbocycles. The number of fused-ring (bicyclic) bond motifs is 1. The molecule has 1 unspecified atom stereocenters. The number of carbonyl (C=O) groups is 3. The van der Waals surface area contributed by atoms with Gasteiger partial charge in [-0.25, -0.2) is 4.39 Å². The third-order valence-corrected chi connectivity index (χ3v) is 4.52. The second kappa shape index (κ2) is 9.58. The van der Waals surface area contributed by atoms with Gasteiger partial charge in [-0.15, -0.1) is 0 Å². The molecule has 30 heavy (non-hydrogen) atoms. The Morgan fingerprint density at radius 3 is 2.57 bits per heavy atom. The number of hydrogen-bond donors (Lipinski definition) is 1. The first-order valence-corrected chi connectivity index (χ1v) is 9.59. The summed E-state index contributed by atoms with van der Waals surface area (Å²) in [5, 5.41) is 2.51. The molecule has 1 aliphatic rings. The largest absolute Gasteiger partial charge is 0.486 e. The SMILES string of the molecule is CC(OC(=O)CCC(=O)c1ccc2c(c1)OCCO2)C(=O)Nc1ccc(Cl)cc1F. The van der Waals surface area contributed by atoms with E-state index in [2.05, 4.69) is 5.32 Å². The number of halogens is 2. The number of benzene rings is 2. The summed E-state index contributed by atoms with van der Waals surface area (Å²) in [5.74, 6) is -1.37. The second-order valence-electron chi connectivity index (χ2n) is 6.53. The lowest BCUT2D eigenvalue weighted by molar-refractivity contribution is -0.153. The molecule has 9 heteroatoms. The van der Waals surface area contributed by atoms with Gasteiger partial charge in [0.1, 0.15) is 19.0 Å². The maximum atomic E-state index is 13.8. The summed E-state index contributed by atoms with van der Waals surface area (Å²) in [6, 6.07) is 8.58. The summed E-state index contributed by atoms with van der Waals surface area (Å²) >= 11 is 5.66. The number of ether oxygens (including phenoxy) is 3. The molecule has 0 aromatic heterocycles. The van der Waals surface area contributed by atoms with Crippen molar-refractivity contribution in [2.75, 3.05) is 18.5 Å². The Labute approximate surface area is 177 Å². The monoisotopic (exact) mass is 435 g/mol. The van der Waals surface area contributed by atoms with E-state index in [9.17, 15) is 18.8 Å². The number of nitrogens with one attached hydrogen (secondary N) is 1. The third-order valence-electron chi connectivity index (χ3n) is 4.29. The number of Topliss-reactive ketones (excluding diaryl/α,β-unsaturated/α-hetero) is 1. The highest BCUT2D eigenvalue weighted by Gasteiger charge is 2.21. The predicted molar refractivity (Wildman–Crippen MR) is 107 cm³/mol. The molecule has 1 atom stereocenters. The fraction of sp³-hybridized carbons (Fsp3) is 0.286. The van der Waals surface area contributed by atoms with E-state index >= 15 is 0 Å². The minimum atomic E-state index is -1.17. The molecule has 0 saturated carbocycles. The summed E-state index contributed by atoms with van der Waals surface area (Å²) in [4.78, 5) is 36.4. The zero-order valence-corrected chi connectivity index (χ0v) is 16.8. The van der Waals surface area contributed by atoms with Gasteiger partial charge >= 0.3 is 5.97 Å². The Balaban J connectivity index is 1.48. The van der Waals surface area contributed by atoms with Crippen LogP contribution in [0.3, 0.4) is 0 Å². The molecule has 1 heterocycles. The smallest absolute Gasteiger partial charge is 0.307 e. The van der Waals surface area contributed by atoms with E-state index in [0.717, 1.165) is 6.07 Å². The van der Waals surface area contributed by atoms with Crippen molar-refractivity contribution in [3.63, 3.8) is 0 Å². The van der Waals surface area contributed by atoms with E-state index in [-0.39, 0.29) is 29.3 Å². The fourth-order valence-corrected chi connectivity index (χ4v) is 2.87. The molecule has 7 nitrogen and oxygen atoms in total. The molecule has 158 valence electrons. The summed E-state index contributed by atoms with van der Waals surface area (Å²) in [7, 11) is 0. The van der Waals surface area contributed by atoms with Gasteiger partial charge in [-0.05, 0) is 43.3 Å². The van der Waals surface area contributed by atoms with Crippen molar-refractivity contribution >= 4 is 34.9 Å². The van der Waals surface area contributed by atoms with Crippen LogP contribution >= 0.6 is 11.6 Å². The van der Waals surface area contributed by atoms with E-state index in [1.807, 2.05) is 0 Å². The normalized spacial score (nSPS) is 13.3. The molecule has 0 fully saturated rings. The third kappa shape index (κ3) is 5.48. The quantitative estimate of drug-likeness (QED) is 0.525. The van der Waals surface area contributed by atoms with Crippen molar-refractivity contribution < 1.29 is 33.0 Å². The zero-order valence-electron chi connectivity index (χ0n) is 16.1. The second-order valence-corrected chi connectivity index (χ2v) is 6.96. The number of anilines is 1. The van der Waals surface area contributed by atoms with E-state index in [0.29, 0.717) is 30.3 Å². The highest BCUT2D eigenvalue weighted by Crippen LogP contribution is 2.31. The first-order chi connectivity index (χ1) is 14.3. The Kier molecular flexibility index (Phi) is 6.89. The lowest BCUT2D eigenvalue weighted by atomic mass is 10.1. The van der Waals surface area contributed by atoms with Crippen molar-refractivity contribution in [2.24, 2.45) is 0 Å². The Morgan fingerprint density at radius 1 is 1.10 bits per heavy atom. The minimum Gasteiger partial charge on any atom is -0.486 e. The number of hydrogen-bond acceptors (Lipinski definition) is 6. The number of rotatable bonds is 7. The molecule has 1 N–H and O–H groups in total. The molecular formula is C21H19ClFNO6. The molecule has 2 aromatic carbocycles. The lowest BCUT2D eigenvalue weighted by Gasteiger charge is -2.18. The maximum Gasteiger partial charge on any atom is 0.307 e. The minimum absolute atomic E-state index is 0.0823. The van der Waals surface area contributed by atoms with Gasteiger partial charge in [-0.1, -0.05) is 11.6 Å². The van der Waals surface area contributed by atoms with Gasteiger partial charge in [0.25, 0.3) is 5.91 Å². The molecule has 1 amide bonds. The molecule has 0 bridgehead atoms. The first-order valence-electron chi connectivity index (χ1n) is 9.21. The van der Waals surface area contributed by atoms with Gasteiger partial charge in [0.05, 0.1) is 12.1 Å². The van der Waals surface area contributed by atoms with Gasteiger partial charge in [-0.2, -0.15) is 0 Å². The predicted octanol–water partition coefficient (Wildman–Crippen LogP) is 3.78. The van der Waals surface area contributed by atoms with Crippen molar-refractivity contribution in [3.8, 4) is 11.5 Å². The Hall–Kier alpha value is -3.13. The van der Waals surface area contributed by atoms with Crippen LogP contribution in [-0.2, 0) is 14.3 Å². The van der Waals surface area contributed by atoms with Crippen LogP contribution < -0.4 is 14.8 Å². The summed E-state index contributed by atoms with van der Waals surface area (Å²) in [5.41, 5.74) is 0.303. The van der Waals surface area contributed by atoms with E-state index < -0.39 is 23.8 Å².